The number of carbonyl (C=O) groups excluding carboxylic acids is 2. The van der Waals surface area contributed by atoms with Crippen LogP contribution in [-0.2, 0) is 24.3 Å². The summed E-state index contributed by atoms with van der Waals surface area (Å²) in [6.07, 6.45) is 6.45. The number of anilines is 1. The molecule has 1 atom stereocenters. The summed E-state index contributed by atoms with van der Waals surface area (Å²) in [5, 5.41) is 10.4. The van der Waals surface area contributed by atoms with E-state index in [1.165, 1.54) is 34.7 Å². The van der Waals surface area contributed by atoms with Gasteiger partial charge in [-0.2, -0.15) is 9.57 Å². The number of allylic oxidation sites excluding steroid dienone is 4. The maximum atomic E-state index is 13.6. The van der Waals surface area contributed by atoms with Crippen LogP contribution in [0.3, 0.4) is 0 Å². The normalized spacial score (nSPS) is 18.9. The van der Waals surface area contributed by atoms with Crippen LogP contribution in [0.15, 0.2) is 59.6 Å². The van der Waals surface area contributed by atoms with Crippen LogP contribution in [0, 0.1) is 23.1 Å². The average Bonchev–Trinajstić information content (AvgIpc) is 3.48. The topological polar surface area (TPSA) is 127 Å². The Bertz CT molecular complexity index is 1700. The van der Waals surface area contributed by atoms with Crippen LogP contribution in [0.4, 0.5) is 9.52 Å². The highest BCUT2D eigenvalue weighted by molar-refractivity contribution is 7.89. The van der Waals surface area contributed by atoms with E-state index in [0.29, 0.717) is 66.0 Å². The zero-order valence-corrected chi connectivity index (χ0v) is 27.0. The lowest BCUT2D eigenvalue weighted by molar-refractivity contribution is -0.140. The number of likely N-dealkylation sites (N-methyl/N-ethyl adjacent to an activating group) is 1. The van der Waals surface area contributed by atoms with Crippen LogP contribution in [0.25, 0.3) is 11.3 Å². The molecule has 14 heteroatoms. The summed E-state index contributed by atoms with van der Waals surface area (Å²) in [5.74, 6) is -1.22. The Balaban J connectivity index is 1.33. The van der Waals surface area contributed by atoms with E-state index in [0.717, 1.165) is 11.4 Å². The van der Waals surface area contributed by atoms with Gasteiger partial charge >= 0.3 is 5.97 Å². The Kier molecular flexibility index (Phi) is 9.71. The molecule has 5 rings (SSSR count). The molecule has 3 heterocycles. The summed E-state index contributed by atoms with van der Waals surface area (Å²) in [6.45, 7) is 5.44. The van der Waals surface area contributed by atoms with Gasteiger partial charge in [0.05, 0.1) is 12.4 Å². The summed E-state index contributed by atoms with van der Waals surface area (Å²) in [5.41, 5.74) is 3.64. The molecule has 1 fully saturated rings. The number of aromatic nitrogens is 1. The highest BCUT2D eigenvalue weighted by atomic mass is 32.2. The Labute approximate surface area is 266 Å². The van der Waals surface area contributed by atoms with E-state index in [1.807, 2.05) is 37.2 Å². The first-order chi connectivity index (χ1) is 21.5. The first kappa shape index (κ1) is 32.3. The zero-order chi connectivity index (χ0) is 32.3. The molecule has 1 saturated heterocycles. The summed E-state index contributed by atoms with van der Waals surface area (Å²) < 4.78 is 45.6. The molecule has 11 nitrogen and oxygen atoms in total. The number of carbonyl (C=O) groups is 2. The summed E-state index contributed by atoms with van der Waals surface area (Å²) >= 11 is 1.23. The fourth-order valence-corrected chi connectivity index (χ4v) is 8.05. The zero-order valence-electron chi connectivity index (χ0n) is 25.4. The van der Waals surface area contributed by atoms with Crippen LogP contribution in [-0.4, -0.2) is 91.5 Å². The molecule has 45 heavy (non-hydrogen) atoms. The average molecular weight is 655 g/mol. The lowest BCUT2D eigenvalue weighted by Gasteiger charge is -2.42. The van der Waals surface area contributed by atoms with E-state index in [9.17, 15) is 27.7 Å². The van der Waals surface area contributed by atoms with Gasteiger partial charge in [0.15, 0.2) is 5.13 Å². The number of halogens is 1. The number of nitrogens with zero attached hydrogens (tertiary/aromatic N) is 6. The molecule has 1 aliphatic carbocycles. The van der Waals surface area contributed by atoms with E-state index in [2.05, 4.69) is 11.0 Å². The Morgan fingerprint density at radius 1 is 1.20 bits per heavy atom. The predicted octanol–water partition coefficient (Wildman–Crippen LogP) is 3.69. The second kappa shape index (κ2) is 13.5. The van der Waals surface area contributed by atoms with E-state index in [4.69, 9.17) is 9.72 Å². The summed E-state index contributed by atoms with van der Waals surface area (Å²) in [7, 11) is -1.61. The minimum atomic E-state index is -3.48. The molecule has 238 valence electrons. The molecule has 1 unspecified atom stereocenters. The molecule has 2 aromatic rings. The van der Waals surface area contributed by atoms with Gasteiger partial charge in [0, 0.05) is 81.3 Å². The largest absolute Gasteiger partial charge is 0.466 e. The number of rotatable bonds is 10. The molecule has 0 radical (unpaired) electrons. The number of hydrogen-bond acceptors (Lipinski definition) is 10. The highest BCUT2D eigenvalue weighted by Gasteiger charge is 2.38. The van der Waals surface area contributed by atoms with Gasteiger partial charge in [-0.25, -0.2) is 17.8 Å². The number of hydrogen-bond donors (Lipinski definition) is 0. The number of amides is 1. The third-order valence-corrected chi connectivity index (χ3v) is 11.1. The Hall–Kier alpha value is -4.06. The second-order valence-corrected chi connectivity index (χ2v) is 14.0. The van der Waals surface area contributed by atoms with Crippen molar-refractivity contribution in [2.75, 3.05) is 57.0 Å². The van der Waals surface area contributed by atoms with Crippen LogP contribution in [0.5, 0.6) is 0 Å². The predicted molar refractivity (Wildman–Crippen MR) is 169 cm³/mol. The summed E-state index contributed by atoms with van der Waals surface area (Å²) in [4.78, 5) is 35.2. The van der Waals surface area contributed by atoms with E-state index in [-0.39, 0.29) is 36.4 Å². The van der Waals surface area contributed by atoms with Gasteiger partial charge in [-0.15, -0.1) is 0 Å². The molecule has 3 aliphatic rings. The Morgan fingerprint density at radius 2 is 1.91 bits per heavy atom. The van der Waals surface area contributed by atoms with E-state index < -0.39 is 16.0 Å². The van der Waals surface area contributed by atoms with Crippen molar-refractivity contribution < 1.29 is 27.1 Å². The second-order valence-electron chi connectivity index (χ2n) is 10.9. The van der Waals surface area contributed by atoms with Crippen molar-refractivity contribution in [2.45, 2.75) is 26.7 Å². The third kappa shape index (κ3) is 6.95. The van der Waals surface area contributed by atoms with Gasteiger partial charge in [0.2, 0.25) is 10.0 Å². The quantitative estimate of drug-likeness (QED) is 0.279. The maximum Gasteiger partial charge on any atom is 0.302 e. The number of esters is 1. The number of sulfonamides is 1. The lowest BCUT2D eigenvalue weighted by atomic mass is 9.83. The SMILES string of the molecule is CCN1C=C(N(C)c2nc(-c3ccc(F)cc3)c(C#N)s2)C2CC(N3CCN(S(=O)(=O)CCCOC(C)=O)CC3)=CC=C2C1=O. The molecule has 0 saturated carbocycles. The van der Waals surface area contributed by atoms with Crippen LogP contribution >= 0.6 is 11.3 Å². The molecular weight excluding hydrogens is 620 g/mol. The molecule has 1 amide bonds. The van der Waals surface area contributed by atoms with Crippen molar-refractivity contribution in [1.29, 1.82) is 5.26 Å². The van der Waals surface area contributed by atoms with Gasteiger partial charge in [-0.1, -0.05) is 17.4 Å². The van der Waals surface area contributed by atoms with Crippen molar-refractivity contribution in [3.63, 3.8) is 0 Å². The van der Waals surface area contributed by atoms with Gasteiger partial charge in [-0.05, 0) is 50.1 Å². The molecule has 1 aromatic carbocycles. The van der Waals surface area contributed by atoms with Crippen LogP contribution < -0.4 is 4.90 Å². The highest BCUT2D eigenvalue weighted by Crippen LogP contribution is 2.42. The first-order valence-corrected chi connectivity index (χ1v) is 17.1. The van der Waals surface area contributed by atoms with Crippen molar-refractivity contribution in [2.24, 2.45) is 5.92 Å². The molecular formula is C31H35FN6O5S2. The Morgan fingerprint density at radius 3 is 2.56 bits per heavy atom. The van der Waals surface area contributed by atoms with Crippen molar-refractivity contribution >= 4 is 38.4 Å². The van der Waals surface area contributed by atoms with Crippen molar-refractivity contribution in [3.05, 3.63) is 70.3 Å². The number of fused-ring (bicyclic) bond motifs is 1. The van der Waals surface area contributed by atoms with Gasteiger partial charge in [0.25, 0.3) is 5.91 Å². The minimum absolute atomic E-state index is 0.0662. The maximum absolute atomic E-state index is 13.6. The van der Waals surface area contributed by atoms with Gasteiger partial charge < -0.3 is 19.4 Å². The van der Waals surface area contributed by atoms with E-state index in [1.54, 1.807) is 17.0 Å². The van der Waals surface area contributed by atoms with Crippen LogP contribution in [0.2, 0.25) is 0 Å². The fraction of sp³-hybridized carbons (Fsp3) is 0.419. The fourth-order valence-electron chi connectivity index (χ4n) is 5.72. The van der Waals surface area contributed by atoms with Gasteiger partial charge in [0.1, 0.15) is 22.5 Å². The number of piperazine rings is 1. The van der Waals surface area contributed by atoms with Gasteiger partial charge in [-0.3, -0.25) is 9.59 Å². The third-order valence-electron chi connectivity index (χ3n) is 8.14. The molecule has 2 aliphatic heterocycles. The summed E-state index contributed by atoms with van der Waals surface area (Å²) in [6, 6.07) is 8.07. The number of ether oxygens (including phenoxy) is 1. The lowest BCUT2D eigenvalue weighted by Crippen LogP contribution is -2.49. The number of thiazole rings is 1. The molecule has 0 N–H and O–H groups in total. The van der Waals surface area contributed by atoms with Crippen LogP contribution in [0.1, 0.15) is 31.6 Å². The standard InChI is InChI=1S/C31H35FN6O5S2/c1-4-36-20-27(35(3)31-34-29(28(19-33)44-31)22-6-8-23(32)9-7-22)26-18-24(10-11-25(26)30(36)40)37-12-14-38(15-13-37)45(41,42)17-5-16-43-21(2)39/h6-11,20,26H,4-5,12-18H2,1-3H3. The van der Waals surface area contributed by atoms with Crippen molar-refractivity contribution in [3.8, 4) is 17.3 Å². The number of nitriles is 1. The molecule has 0 bridgehead atoms. The monoisotopic (exact) mass is 654 g/mol. The first-order valence-electron chi connectivity index (χ1n) is 14.7. The van der Waals surface area contributed by atoms with Crippen molar-refractivity contribution in [1.82, 2.24) is 19.1 Å². The smallest absolute Gasteiger partial charge is 0.302 e. The minimum Gasteiger partial charge on any atom is -0.466 e. The number of benzene rings is 1. The molecule has 0 spiro atoms. The van der Waals surface area contributed by atoms with E-state index >= 15 is 0 Å². The molecule has 1 aromatic heterocycles.